The SMILES string of the molecule is Cc1cccc(NC(=O)Cn2c(=O)c3c(ncn3CCC(C)C)n(Cc3ccccc3)c2=O)c1. The molecule has 0 atom stereocenters. The van der Waals surface area contributed by atoms with E-state index in [0.717, 1.165) is 22.1 Å². The maximum absolute atomic E-state index is 13.4. The van der Waals surface area contributed by atoms with Crippen LogP contribution in [-0.2, 0) is 24.4 Å². The number of carbonyl (C=O) groups excluding carboxylic acids is 1. The minimum atomic E-state index is -0.560. The van der Waals surface area contributed by atoms with Gasteiger partial charge in [-0.15, -0.1) is 0 Å². The van der Waals surface area contributed by atoms with Crippen molar-refractivity contribution < 1.29 is 4.79 Å². The van der Waals surface area contributed by atoms with E-state index < -0.39 is 17.2 Å². The van der Waals surface area contributed by atoms with Gasteiger partial charge in [-0.1, -0.05) is 56.3 Å². The van der Waals surface area contributed by atoms with Crippen LogP contribution in [0.15, 0.2) is 70.5 Å². The monoisotopic (exact) mass is 459 g/mol. The van der Waals surface area contributed by atoms with E-state index in [1.807, 2.05) is 55.5 Å². The number of nitrogens with one attached hydrogen (secondary N) is 1. The van der Waals surface area contributed by atoms with Gasteiger partial charge in [0.05, 0.1) is 12.9 Å². The van der Waals surface area contributed by atoms with Crippen LogP contribution in [0.5, 0.6) is 0 Å². The zero-order valence-corrected chi connectivity index (χ0v) is 19.7. The van der Waals surface area contributed by atoms with Gasteiger partial charge in [0, 0.05) is 12.2 Å². The molecule has 0 aliphatic heterocycles. The van der Waals surface area contributed by atoms with Crippen molar-refractivity contribution in [3.8, 4) is 0 Å². The Labute approximate surface area is 197 Å². The van der Waals surface area contributed by atoms with E-state index in [2.05, 4.69) is 24.1 Å². The Kier molecular flexibility index (Phi) is 6.77. The Hall–Kier alpha value is -3.94. The number of aromatic nitrogens is 4. The first-order valence-corrected chi connectivity index (χ1v) is 11.4. The van der Waals surface area contributed by atoms with Crippen molar-refractivity contribution >= 4 is 22.8 Å². The zero-order chi connectivity index (χ0) is 24.2. The van der Waals surface area contributed by atoms with Crippen molar-refractivity contribution in [2.75, 3.05) is 5.32 Å². The average Bonchev–Trinajstić information content (AvgIpc) is 3.23. The number of fused-ring (bicyclic) bond motifs is 1. The molecule has 2 heterocycles. The number of hydrogen-bond acceptors (Lipinski definition) is 4. The van der Waals surface area contributed by atoms with Gasteiger partial charge in [-0.05, 0) is 42.5 Å². The molecule has 1 N–H and O–H groups in total. The molecule has 0 spiro atoms. The molecule has 8 nitrogen and oxygen atoms in total. The predicted octanol–water partition coefficient (Wildman–Crippen LogP) is 3.40. The molecule has 4 aromatic rings. The maximum Gasteiger partial charge on any atom is 0.333 e. The fourth-order valence-electron chi connectivity index (χ4n) is 3.92. The van der Waals surface area contributed by atoms with Crippen LogP contribution in [0.25, 0.3) is 11.2 Å². The molecule has 4 rings (SSSR count). The summed E-state index contributed by atoms with van der Waals surface area (Å²) in [6, 6.07) is 16.9. The van der Waals surface area contributed by atoms with Crippen molar-refractivity contribution in [2.45, 2.75) is 46.8 Å². The number of rotatable bonds is 8. The van der Waals surface area contributed by atoms with Crippen LogP contribution in [0.3, 0.4) is 0 Å². The van der Waals surface area contributed by atoms with Crippen molar-refractivity contribution in [1.82, 2.24) is 18.7 Å². The Morgan fingerprint density at radius 1 is 1.03 bits per heavy atom. The van der Waals surface area contributed by atoms with E-state index >= 15 is 0 Å². The summed E-state index contributed by atoms with van der Waals surface area (Å²) < 4.78 is 4.26. The lowest BCUT2D eigenvalue weighted by Crippen LogP contribution is -2.43. The first kappa shape index (κ1) is 23.2. The van der Waals surface area contributed by atoms with Gasteiger partial charge < -0.3 is 9.88 Å². The number of anilines is 1. The van der Waals surface area contributed by atoms with Crippen molar-refractivity contribution in [1.29, 1.82) is 0 Å². The second-order valence-electron chi connectivity index (χ2n) is 8.96. The standard InChI is InChI=1S/C26H29N5O3/c1-18(2)12-13-29-17-27-24-23(29)25(33)31(16-22(32)28-21-11-7-8-19(3)14-21)26(34)30(24)15-20-9-5-4-6-10-20/h4-11,14,17-18H,12-13,15-16H2,1-3H3,(H,28,32). The van der Waals surface area contributed by atoms with Crippen LogP contribution in [-0.4, -0.2) is 24.6 Å². The topological polar surface area (TPSA) is 90.9 Å². The summed E-state index contributed by atoms with van der Waals surface area (Å²) in [5.41, 5.74) is 2.11. The van der Waals surface area contributed by atoms with Crippen LogP contribution in [0.1, 0.15) is 31.4 Å². The number of carbonyl (C=O) groups is 1. The van der Waals surface area contributed by atoms with Gasteiger partial charge in [-0.3, -0.25) is 14.2 Å². The Morgan fingerprint density at radius 3 is 2.50 bits per heavy atom. The summed E-state index contributed by atoms with van der Waals surface area (Å²) in [5.74, 6) is -0.00124. The predicted molar refractivity (Wildman–Crippen MR) is 133 cm³/mol. The summed E-state index contributed by atoms with van der Waals surface area (Å²) in [4.78, 5) is 44.1. The molecule has 0 aliphatic carbocycles. The van der Waals surface area contributed by atoms with Gasteiger partial charge in [0.1, 0.15) is 6.54 Å². The summed E-state index contributed by atoms with van der Waals surface area (Å²) >= 11 is 0. The second kappa shape index (κ2) is 9.91. The van der Waals surface area contributed by atoms with E-state index in [-0.39, 0.29) is 13.1 Å². The van der Waals surface area contributed by atoms with E-state index in [9.17, 15) is 14.4 Å². The minimum Gasteiger partial charge on any atom is -0.325 e. The molecule has 2 aromatic heterocycles. The molecular formula is C26H29N5O3. The van der Waals surface area contributed by atoms with E-state index in [0.29, 0.717) is 29.3 Å². The maximum atomic E-state index is 13.4. The highest BCUT2D eigenvalue weighted by Crippen LogP contribution is 2.13. The summed E-state index contributed by atoms with van der Waals surface area (Å²) in [5, 5.41) is 2.78. The molecule has 0 saturated heterocycles. The van der Waals surface area contributed by atoms with Gasteiger partial charge in [-0.25, -0.2) is 14.3 Å². The molecule has 2 aromatic carbocycles. The van der Waals surface area contributed by atoms with Crippen LogP contribution in [0, 0.1) is 12.8 Å². The normalized spacial score (nSPS) is 11.3. The summed E-state index contributed by atoms with van der Waals surface area (Å²) in [7, 11) is 0. The number of hydrogen-bond donors (Lipinski definition) is 1. The molecule has 34 heavy (non-hydrogen) atoms. The Morgan fingerprint density at radius 2 is 1.79 bits per heavy atom. The van der Waals surface area contributed by atoms with Gasteiger partial charge in [0.25, 0.3) is 5.56 Å². The van der Waals surface area contributed by atoms with Crippen LogP contribution in [0.4, 0.5) is 5.69 Å². The van der Waals surface area contributed by atoms with Gasteiger partial charge in [0.2, 0.25) is 5.91 Å². The number of amides is 1. The highest BCUT2D eigenvalue weighted by molar-refractivity contribution is 5.90. The van der Waals surface area contributed by atoms with Gasteiger partial charge in [0.15, 0.2) is 11.2 Å². The second-order valence-corrected chi connectivity index (χ2v) is 8.96. The molecular weight excluding hydrogens is 430 g/mol. The Bertz CT molecular complexity index is 1430. The molecule has 0 radical (unpaired) electrons. The van der Waals surface area contributed by atoms with E-state index in [4.69, 9.17) is 0 Å². The third-order valence-electron chi connectivity index (χ3n) is 5.72. The highest BCUT2D eigenvalue weighted by Gasteiger charge is 2.20. The number of benzene rings is 2. The highest BCUT2D eigenvalue weighted by atomic mass is 16.2. The molecule has 176 valence electrons. The summed E-state index contributed by atoms with van der Waals surface area (Å²) in [6.45, 7) is 6.61. The summed E-state index contributed by atoms with van der Waals surface area (Å²) in [6.07, 6.45) is 2.46. The molecule has 8 heteroatoms. The number of nitrogens with zero attached hydrogens (tertiary/aromatic N) is 4. The minimum absolute atomic E-state index is 0.247. The van der Waals surface area contributed by atoms with Crippen molar-refractivity contribution in [3.05, 3.63) is 92.9 Å². The molecule has 0 fully saturated rings. The molecule has 0 unspecified atom stereocenters. The quantitative estimate of drug-likeness (QED) is 0.437. The molecule has 0 aliphatic rings. The molecule has 0 bridgehead atoms. The zero-order valence-electron chi connectivity index (χ0n) is 19.7. The fraction of sp³-hybridized carbons (Fsp3) is 0.308. The lowest BCUT2D eigenvalue weighted by atomic mass is 10.1. The number of imidazole rings is 1. The van der Waals surface area contributed by atoms with E-state index in [1.54, 1.807) is 17.0 Å². The smallest absolute Gasteiger partial charge is 0.325 e. The Balaban J connectivity index is 1.78. The number of aryl methyl sites for hydroxylation is 2. The first-order valence-electron chi connectivity index (χ1n) is 11.4. The third kappa shape index (κ3) is 5.01. The lowest BCUT2D eigenvalue weighted by Gasteiger charge is -2.13. The van der Waals surface area contributed by atoms with Gasteiger partial charge in [-0.2, -0.15) is 0 Å². The average molecular weight is 460 g/mol. The van der Waals surface area contributed by atoms with Gasteiger partial charge >= 0.3 is 5.69 Å². The van der Waals surface area contributed by atoms with Crippen molar-refractivity contribution in [2.24, 2.45) is 5.92 Å². The van der Waals surface area contributed by atoms with Crippen LogP contribution in [0.2, 0.25) is 0 Å². The van der Waals surface area contributed by atoms with Crippen LogP contribution >= 0.6 is 0 Å². The van der Waals surface area contributed by atoms with Crippen molar-refractivity contribution in [3.63, 3.8) is 0 Å². The molecule has 1 amide bonds. The lowest BCUT2D eigenvalue weighted by molar-refractivity contribution is -0.116. The molecule has 0 saturated carbocycles. The third-order valence-corrected chi connectivity index (χ3v) is 5.72. The largest absolute Gasteiger partial charge is 0.333 e. The first-order chi connectivity index (χ1) is 16.3. The fourth-order valence-corrected chi connectivity index (χ4v) is 3.92. The van der Waals surface area contributed by atoms with Crippen LogP contribution < -0.4 is 16.6 Å². The van der Waals surface area contributed by atoms with E-state index in [1.165, 1.54) is 4.57 Å².